The molecule has 100 valence electrons. The third kappa shape index (κ3) is 4.46. The molecule has 0 aromatic carbocycles. The van der Waals surface area contributed by atoms with Crippen molar-refractivity contribution < 1.29 is 9.47 Å². The Morgan fingerprint density at radius 3 is 1.76 bits per heavy atom. The van der Waals surface area contributed by atoms with Crippen molar-refractivity contribution in [3.05, 3.63) is 0 Å². The smallest absolute Gasteiger partial charge is 0.147 e. The van der Waals surface area contributed by atoms with E-state index in [1.54, 1.807) is 7.11 Å². The van der Waals surface area contributed by atoms with E-state index in [9.17, 15) is 0 Å². The molecule has 0 aromatic rings. The Kier molecular flexibility index (Phi) is 7.77. The van der Waals surface area contributed by atoms with Crippen LogP contribution in [0.15, 0.2) is 0 Å². The minimum absolute atomic E-state index is 0.328. The number of hydrogen-bond donors (Lipinski definition) is 0. The molecule has 0 radical (unpaired) electrons. The maximum atomic E-state index is 5.24. The van der Waals surface area contributed by atoms with Gasteiger partial charge in [-0.05, 0) is 16.6 Å². The van der Waals surface area contributed by atoms with Crippen LogP contribution < -0.4 is 0 Å². The summed E-state index contributed by atoms with van der Waals surface area (Å²) >= 11 is 0. The van der Waals surface area contributed by atoms with Gasteiger partial charge in [-0.1, -0.05) is 47.5 Å². The van der Waals surface area contributed by atoms with Gasteiger partial charge in [-0.2, -0.15) is 0 Å². The zero-order chi connectivity index (χ0) is 13.5. The molecule has 0 rings (SSSR count). The first-order valence-corrected chi connectivity index (χ1v) is 8.69. The Bertz CT molecular complexity index is 239. The molecule has 0 spiro atoms. The van der Waals surface area contributed by atoms with Crippen LogP contribution in [0.1, 0.15) is 41.5 Å². The topological polar surface area (TPSA) is 18.5 Å². The number of hydrogen-bond acceptors (Lipinski definition) is 2. The van der Waals surface area contributed by atoms with E-state index in [0.29, 0.717) is 30.0 Å². The van der Waals surface area contributed by atoms with Gasteiger partial charge in [-0.3, -0.25) is 0 Å². The fraction of sp³-hybridized carbons (Fsp3) is 0.857. The Morgan fingerprint density at radius 1 is 0.941 bits per heavy atom. The molecule has 0 saturated carbocycles. The molecule has 2 nitrogen and oxygen atoms in total. The van der Waals surface area contributed by atoms with E-state index >= 15 is 0 Å². The summed E-state index contributed by atoms with van der Waals surface area (Å²) in [5, 5.41) is 0. The van der Waals surface area contributed by atoms with Gasteiger partial charge in [0.25, 0.3) is 0 Å². The molecule has 0 aliphatic carbocycles. The van der Waals surface area contributed by atoms with Gasteiger partial charge >= 0.3 is 0 Å². The van der Waals surface area contributed by atoms with Crippen LogP contribution in [0.2, 0.25) is 16.6 Å². The van der Waals surface area contributed by atoms with Gasteiger partial charge in [0, 0.05) is 7.11 Å². The molecule has 0 saturated heterocycles. The predicted molar refractivity (Wildman–Crippen MR) is 76.7 cm³/mol. The van der Waals surface area contributed by atoms with Crippen LogP contribution in [-0.4, -0.2) is 28.6 Å². The lowest BCUT2D eigenvalue weighted by molar-refractivity contribution is -0.0166. The van der Waals surface area contributed by atoms with Gasteiger partial charge < -0.3 is 9.47 Å². The molecule has 0 fully saturated rings. The molecule has 17 heavy (non-hydrogen) atoms. The Hall–Kier alpha value is -0.303. The lowest BCUT2D eigenvalue weighted by Gasteiger charge is -2.38. The molecular formula is C14H28O2Si. The quantitative estimate of drug-likeness (QED) is 0.311. The first kappa shape index (κ1) is 16.7. The van der Waals surface area contributed by atoms with Crippen molar-refractivity contribution in [2.45, 2.75) is 58.2 Å². The standard InChI is InChI=1S/C14H28O2Si/c1-12(2)17(13(3)4,14(5)6)10-8-9-16-11-15-7/h12-14H,9,11H2,1-7H3. The molecule has 0 unspecified atom stereocenters. The Morgan fingerprint density at radius 2 is 1.41 bits per heavy atom. The average molecular weight is 256 g/mol. The summed E-state index contributed by atoms with van der Waals surface area (Å²) < 4.78 is 10.1. The minimum atomic E-state index is -1.57. The highest BCUT2D eigenvalue weighted by molar-refractivity contribution is 6.90. The van der Waals surface area contributed by atoms with Gasteiger partial charge in [-0.15, -0.1) is 5.54 Å². The molecule has 0 aliphatic rings. The van der Waals surface area contributed by atoms with Gasteiger partial charge in [0.1, 0.15) is 21.5 Å². The van der Waals surface area contributed by atoms with Crippen LogP contribution in [0.5, 0.6) is 0 Å². The SMILES string of the molecule is COCOCC#C[Si](C(C)C)(C(C)C)C(C)C. The lowest BCUT2D eigenvalue weighted by Crippen LogP contribution is -2.43. The summed E-state index contributed by atoms with van der Waals surface area (Å²) in [6, 6.07) is 0. The van der Waals surface area contributed by atoms with Crippen molar-refractivity contribution >= 4 is 8.07 Å². The highest BCUT2D eigenvalue weighted by atomic mass is 28.3. The van der Waals surface area contributed by atoms with E-state index in [2.05, 4.69) is 53.0 Å². The largest absolute Gasteiger partial charge is 0.359 e. The van der Waals surface area contributed by atoms with Crippen LogP contribution in [0.3, 0.4) is 0 Å². The summed E-state index contributed by atoms with van der Waals surface area (Å²) in [5.74, 6) is 3.21. The summed E-state index contributed by atoms with van der Waals surface area (Å²) in [4.78, 5) is 0. The summed E-state index contributed by atoms with van der Waals surface area (Å²) in [5.41, 5.74) is 5.63. The van der Waals surface area contributed by atoms with Gasteiger partial charge in [0.15, 0.2) is 0 Å². The average Bonchev–Trinajstić information content (AvgIpc) is 2.21. The molecule has 0 aromatic heterocycles. The van der Waals surface area contributed by atoms with Crippen molar-refractivity contribution in [2.75, 3.05) is 20.5 Å². The van der Waals surface area contributed by atoms with E-state index in [0.717, 1.165) is 0 Å². The number of methoxy groups -OCH3 is 1. The fourth-order valence-corrected chi connectivity index (χ4v) is 8.04. The molecule has 0 N–H and O–H groups in total. The van der Waals surface area contributed by atoms with E-state index in [4.69, 9.17) is 9.47 Å². The highest BCUT2D eigenvalue weighted by Crippen LogP contribution is 2.40. The van der Waals surface area contributed by atoms with E-state index in [1.807, 2.05) is 0 Å². The van der Waals surface area contributed by atoms with Gasteiger partial charge in [-0.25, -0.2) is 0 Å². The molecule has 3 heteroatoms. The van der Waals surface area contributed by atoms with Crippen molar-refractivity contribution in [1.29, 1.82) is 0 Å². The molecular weight excluding hydrogens is 228 g/mol. The van der Waals surface area contributed by atoms with Crippen LogP contribution in [0.4, 0.5) is 0 Å². The summed E-state index contributed by atoms with van der Waals surface area (Å²) in [6.07, 6.45) is 0. The van der Waals surface area contributed by atoms with Crippen molar-refractivity contribution in [1.82, 2.24) is 0 Å². The molecule has 0 heterocycles. The normalized spacial score (nSPS) is 12.1. The first-order valence-electron chi connectivity index (χ1n) is 6.46. The number of ether oxygens (including phenoxy) is 2. The second-order valence-corrected chi connectivity index (χ2v) is 11.0. The van der Waals surface area contributed by atoms with E-state index in [1.165, 1.54) is 0 Å². The number of rotatable bonds is 6. The van der Waals surface area contributed by atoms with E-state index < -0.39 is 8.07 Å². The van der Waals surface area contributed by atoms with Crippen LogP contribution in [0, 0.1) is 11.5 Å². The highest BCUT2D eigenvalue weighted by Gasteiger charge is 2.41. The van der Waals surface area contributed by atoms with E-state index in [-0.39, 0.29) is 0 Å². The second kappa shape index (κ2) is 7.92. The first-order chi connectivity index (χ1) is 7.89. The van der Waals surface area contributed by atoms with Crippen molar-refractivity contribution in [2.24, 2.45) is 0 Å². The maximum Gasteiger partial charge on any atom is 0.147 e. The Balaban J connectivity index is 4.80. The molecule has 0 bridgehead atoms. The van der Waals surface area contributed by atoms with Crippen LogP contribution >= 0.6 is 0 Å². The molecule has 0 amide bonds. The monoisotopic (exact) mass is 256 g/mol. The fourth-order valence-electron chi connectivity index (χ4n) is 2.80. The van der Waals surface area contributed by atoms with Gasteiger partial charge in [0.05, 0.1) is 0 Å². The maximum absolute atomic E-state index is 5.24. The summed E-state index contributed by atoms with van der Waals surface area (Å²) in [7, 11) is 0.0581. The van der Waals surface area contributed by atoms with Crippen LogP contribution in [0.25, 0.3) is 0 Å². The van der Waals surface area contributed by atoms with Gasteiger partial charge in [0.2, 0.25) is 0 Å². The van der Waals surface area contributed by atoms with Crippen molar-refractivity contribution in [3.63, 3.8) is 0 Å². The Labute approximate surface area is 108 Å². The zero-order valence-electron chi connectivity index (χ0n) is 12.5. The molecule has 0 atom stereocenters. The lowest BCUT2D eigenvalue weighted by atomic mass is 10.5. The third-order valence-corrected chi connectivity index (χ3v) is 9.89. The minimum Gasteiger partial charge on any atom is -0.359 e. The molecule has 0 aliphatic heterocycles. The predicted octanol–water partition coefficient (Wildman–Crippen LogP) is 3.83. The summed E-state index contributed by atoms with van der Waals surface area (Å²) in [6.45, 7) is 14.7. The van der Waals surface area contributed by atoms with Crippen molar-refractivity contribution in [3.8, 4) is 11.5 Å². The zero-order valence-corrected chi connectivity index (χ0v) is 13.5. The second-order valence-electron chi connectivity index (χ2n) is 5.45. The van der Waals surface area contributed by atoms with Crippen LogP contribution in [-0.2, 0) is 9.47 Å². The third-order valence-electron chi connectivity index (χ3n) is 3.55.